The lowest BCUT2D eigenvalue weighted by atomic mass is 10.1. The predicted molar refractivity (Wildman–Crippen MR) is 95.1 cm³/mol. The van der Waals surface area contributed by atoms with Gasteiger partial charge >= 0.3 is 5.97 Å². The number of aromatic carboxylic acids is 1. The number of ether oxygens (including phenoxy) is 1. The molecule has 0 amide bonds. The van der Waals surface area contributed by atoms with Crippen molar-refractivity contribution in [3.05, 3.63) is 34.1 Å². The van der Waals surface area contributed by atoms with E-state index in [0.717, 1.165) is 0 Å². The van der Waals surface area contributed by atoms with Gasteiger partial charge in [-0.1, -0.05) is 6.07 Å². The van der Waals surface area contributed by atoms with Gasteiger partial charge in [-0.15, -0.1) is 0 Å². The Labute approximate surface area is 148 Å². The van der Waals surface area contributed by atoms with E-state index in [0.29, 0.717) is 35.3 Å². The van der Waals surface area contributed by atoms with Crippen LogP contribution >= 0.6 is 0 Å². The van der Waals surface area contributed by atoms with Crippen LogP contribution in [0.4, 0.5) is 10.1 Å². The molecule has 1 aromatic heterocycles. The highest BCUT2D eigenvalue weighted by atomic mass is 19.1. The summed E-state index contributed by atoms with van der Waals surface area (Å²) in [6, 6.07) is 4.61. The number of hydrogen-bond donors (Lipinski definition) is 2. The Morgan fingerprint density at radius 2 is 2.27 bits per heavy atom. The molecule has 3 N–H and O–H groups in total. The van der Waals surface area contributed by atoms with E-state index < -0.39 is 17.2 Å². The second-order valence-corrected chi connectivity index (χ2v) is 7.08. The van der Waals surface area contributed by atoms with Gasteiger partial charge in [-0.3, -0.25) is 9.36 Å². The van der Waals surface area contributed by atoms with Gasteiger partial charge in [0.1, 0.15) is 17.8 Å². The van der Waals surface area contributed by atoms with Crippen LogP contribution in [-0.2, 0) is 0 Å². The maximum absolute atomic E-state index is 14.6. The molecule has 1 saturated heterocycles. The number of nitrogens with two attached hydrogens (primary N) is 1. The molecule has 1 aromatic carbocycles. The molecule has 2 aromatic rings. The van der Waals surface area contributed by atoms with Crippen LogP contribution in [0.2, 0.25) is 0 Å². The van der Waals surface area contributed by atoms with Crippen molar-refractivity contribution < 1.29 is 19.0 Å². The third kappa shape index (κ3) is 2.36. The maximum Gasteiger partial charge on any atom is 0.341 e. The van der Waals surface area contributed by atoms with Crippen molar-refractivity contribution in [3.8, 4) is 5.75 Å². The standard InChI is InChI=1S/C18H20FN3O4/c1-10-7-26-15-13(21-5-4-18(19,8-20)9-21)3-2-11-6-12(17(24)25)16(23)22(10)14(11)15/h2-3,6,10H,4-5,7-9,20H2,1H3,(H,24,25)/t10-,18?/m0/s1. The van der Waals surface area contributed by atoms with Crippen LogP contribution in [0.25, 0.3) is 10.9 Å². The molecule has 2 aliphatic heterocycles. The molecule has 0 saturated carbocycles. The van der Waals surface area contributed by atoms with Crippen molar-refractivity contribution in [2.75, 3.05) is 31.1 Å². The third-order valence-corrected chi connectivity index (χ3v) is 5.28. The third-order valence-electron chi connectivity index (χ3n) is 5.28. The Morgan fingerprint density at radius 1 is 1.50 bits per heavy atom. The van der Waals surface area contributed by atoms with E-state index in [-0.39, 0.29) is 31.3 Å². The van der Waals surface area contributed by atoms with Crippen molar-refractivity contribution in [2.45, 2.75) is 25.1 Å². The first kappa shape index (κ1) is 16.8. The largest absolute Gasteiger partial charge is 0.487 e. The molecular weight excluding hydrogens is 341 g/mol. The summed E-state index contributed by atoms with van der Waals surface area (Å²) in [5, 5.41) is 9.93. The van der Waals surface area contributed by atoms with Gasteiger partial charge < -0.3 is 20.5 Å². The Morgan fingerprint density at radius 3 is 2.92 bits per heavy atom. The first-order valence-electron chi connectivity index (χ1n) is 8.57. The van der Waals surface area contributed by atoms with Crippen LogP contribution in [0.1, 0.15) is 29.7 Å². The minimum Gasteiger partial charge on any atom is -0.487 e. The Balaban J connectivity index is 1.94. The summed E-state index contributed by atoms with van der Waals surface area (Å²) in [5.41, 5.74) is 4.56. The molecule has 0 spiro atoms. The lowest BCUT2D eigenvalue weighted by Gasteiger charge is -2.30. The number of pyridine rings is 1. The van der Waals surface area contributed by atoms with E-state index in [2.05, 4.69) is 0 Å². The summed E-state index contributed by atoms with van der Waals surface area (Å²) >= 11 is 0. The number of halogens is 1. The molecule has 3 heterocycles. The maximum atomic E-state index is 14.6. The number of aromatic nitrogens is 1. The number of anilines is 1. The highest BCUT2D eigenvalue weighted by Crippen LogP contribution is 2.42. The van der Waals surface area contributed by atoms with E-state index in [4.69, 9.17) is 10.5 Å². The van der Waals surface area contributed by atoms with E-state index in [1.165, 1.54) is 10.6 Å². The van der Waals surface area contributed by atoms with Crippen LogP contribution in [0.15, 0.2) is 23.0 Å². The first-order chi connectivity index (χ1) is 12.3. The van der Waals surface area contributed by atoms with Crippen LogP contribution in [-0.4, -0.2) is 47.6 Å². The summed E-state index contributed by atoms with van der Waals surface area (Å²) < 4.78 is 21.9. The van der Waals surface area contributed by atoms with Crippen LogP contribution in [0.5, 0.6) is 5.75 Å². The van der Waals surface area contributed by atoms with Crippen molar-refractivity contribution in [1.82, 2.24) is 4.57 Å². The monoisotopic (exact) mass is 361 g/mol. The van der Waals surface area contributed by atoms with Crippen molar-refractivity contribution in [1.29, 1.82) is 0 Å². The van der Waals surface area contributed by atoms with Gasteiger partial charge in [-0.05, 0) is 19.1 Å². The number of rotatable bonds is 3. The fourth-order valence-electron chi connectivity index (χ4n) is 3.84. The summed E-state index contributed by atoms with van der Waals surface area (Å²) in [7, 11) is 0. The number of carboxylic acids is 1. The topological polar surface area (TPSA) is 97.8 Å². The van der Waals surface area contributed by atoms with Gasteiger partial charge in [0.2, 0.25) is 0 Å². The van der Waals surface area contributed by atoms with Gasteiger partial charge in [0.25, 0.3) is 5.56 Å². The average Bonchev–Trinajstić information content (AvgIpc) is 3.01. The van der Waals surface area contributed by atoms with Crippen molar-refractivity contribution in [2.24, 2.45) is 5.73 Å². The van der Waals surface area contributed by atoms with E-state index >= 15 is 0 Å². The van der Waals surface area contributed by atoms with Gasteiger partial charge in [0.15, 0.2) is 5.75 Å². The lowest BCUT2D eigenvalue weighted by molar-refractivity contribution is 0.0694. The summed E-state index contributed by atoms with van der Waals surface area (Å²) in [6.45, 7) is 2.67. The first-order valence-corrected chi connectivity index (χ1v) is 8.57. The molecule has 0 bridgehead atoms. The Bertz CT molecular complexity index is 973. The molecule has 138 valence electrons. The molecular formula is C18H20FN3O4. The molecule has 0 aliphatic carbocycles. The van der Waals surface area contributed by atoms with Crippen molar-refractivity contribution in [3.63, 3.8) is 0 Å². The molecule has 1 unspecified atom stereocenters. The second kappa shape index (κ2) is 5.70. The Kier molecular flexibility index (Phi) is 3.69. The minimum atomic E-state index is -1.43. The van der Waals surface area contributed by atoms with Crippen LogP contribution in [0.3, 0.4) is 0 Å². The van der Waals surface area contributed by atoms with Crippen molar-refractivity contribution >= 4 is 22.6 Å². The molecule has 2 atom stereocenters. The van der Waals surface area contributed by atoms with Gasteiger partial charge in [0, 0.05) is 24.9 Å². The van der Waals surface area contributed by atoms with Gasteiger partial charge in [-0.25, -0.2) is 9.18 Å². The van der Waals surface area contributed by atoms with E-state index in [1.807, 2.05) is 4.90 Å². The predicted octanol–water partition coefficient (Wildman–Crippen LogP) is 1.53. The fraction of sp³-hybridized carbons (Fsp3) is 0.444. The smallest absolute Gasteiger partial charge is 0.341 e. The SMILES string of the molecule is C[C@H]1COc2c(N3CCC(F)(CN)C3)ccc3cc(C(=O)O)c(=O)n1c23. The molecule has 8 heteroatoms. The van der Waals surface area contributed by atoms with E-state index in [1.54, 1.807) is 19.1 Å². The molecule has 26 heavy (non-hydrogen) atoms. The number of alkyl halides is 1. The molecule has 4 rings (SSSR count). The zero-order valence-electron chi connectivity index (χ0n) is 14.4. The zero-order chi connectivity index (χ0) is 18.6. The average molecular weight is 361 g/mol. The summed E-state index contributed by atoms with van der Waals surface area (Å²) in [5.74, 6) is -0.759. The number of benzene rings is 1. The number of hydrogen-bond acceptors (Lipinski definition) is 5. The van der Waals surface area contributed by atoms with Gasteiger partial charge in [-0.2, -0.15) is 0 Å². The highest BCUT2D eigenvalue weighted by molar-refractivity contribution is 5.97. The molecule has 2 aliphatic rings. The number of carboxylic acid groups (broad SMARTS) is 1. The number of carbonyl (C=O) groups is 1. The lowest BCUT2D eigenvalue weighted by Crippen LogP contribution is -2.37. The van der Waals surface area contributed by atoms with Crippen LogP contribution in [0, 0.1) is 0 Å². The quantitative estimate of drug-likeness (QED) is 0.860. The van der Waals surface area contributed by atoms with Gasteiger partial charge in [0.05, 0.1) is 23.8 Å². The highest BCUT2D eigenvalue weighted by Gasteiger charge is 2.39. The fourth-order valence-corrected chi connectivity index (χ4v) is 3.84. The Hall–Kier alpha value is -2.61. The summed E-state index contributed by atoms with van der Waals surface area (Å²) in [4.78, 5) is 26.0. The molecule has 7 nitrogen and oxygen atoms in total. The number of nitrogens with zero attached hydrogens (tertiary/aromatic N) is 2. The molecule has 1 fully saturated rings. The molecule has 0 radical (unpaired) electrons. The van der Waals surface area contributed by atoms with E-state index in [9.17, 15) is 19.1 Å². The minimum absolute atomic E-state index is 0.0447. The normalized spacial score (nSPS) is 24.7. The second-order valence-electron chi connectivity index (χ2n) is 7.08. The summed E-state index contributed by atoms with van der Waals surface area (Å²) in [6.07, 6.45) is 0.335. The zero-order valence-corrected chi connectivity index (χ0v) is 14.4. The van der Waals surface area contributed by atoms with Crippen LogP contribution < -0.4 is 20.9 Å².